The molecule has 2 heteroatoms. The zero-order valence-corrected chi connectivity index (χ0v) is 12.9. The highest BCUT2D eigenvalue weighted by molar-refractivity contribution is 5.56. The Hall–Kier alpha value is -1.02. The number of para-hydroxylation sites is 1. The van der Waals surface area contributed by atoms with Crippen LogP contribution in [0, 0.1) is 5.92 Å². The molecule has 1 aliphatic heterocycles. The summed E-state index contributed by atoms with van der Waals surface area (Å²) in [5.74, 6) is 0.950. The summed E-state index contributed by atoms with van der Waals surface area (Å²) in [6, 6.07) is 10.3. The van der Waals surface area contributed by atoms with Crippen molar-refractivity contribution in [3.63, 3.8) is 0 Å². The SMILES string of the molecule is CCNC(C)c1ccccc1N1CCCC2CCCC21. The van der Waals surface area contributed by atoms with Crippen molar-refractivity contribution >= 4 is 5.69 Å². The second kappa shape index (κ2) is 6.17. The standard InChI is InChI=1S/C18H28N2/c1-3-19-14(2)16-10-4-5-11-18(16)20-13-7-9-15-8-6-12-17(15)20/h4-5,10-11,14-15,17,19H,3,6-9,12-13H2,1-2H3. The van der Waals surface area contributed by atoms with Gasteiger partial charge in [-0.1, -0.05) is 31.5 Å². The van der Waals surface area contributed by atoms with Gasteiger partial charge in [0.1, 0.15) is 0 Å². The molecule has 1 N–H and O–H groups in total. The molecule has 0 amide bonds. The molecule has 1 heterocycles. The minimum Gasteiger partial charge on any atom is -0.368 e. The molecule has 1 saturated heterocycles. The van der Waals surface area contributed by atoms with E-state index in [9.17, 15) is 0 Å². The van der Waals surface area contributed by atoms with Gasteiger partial charge in [-0.25, -0.2) is 0 Å². The summed E-state index contributed by atoms with van der Waals surface area (Å²) in [5.41, 5.74) is 2.96. The van der Waals surface area contributed by atoms with Gasteiger partial charge in [0.05, 0.1) is 0 Å². The predicted molar refractivity (Wildman–Crippen MR) is 86.2 cm³/mol. The zero-order chi connectivity index (χ0) is 13.9. The first kappa shape index (κ1) is 13.9. The van der Waals surface area contributed by atoms with Crippen molar-refractivity contribution in [1.82, 2.24) is 5.32 Å². The van der Waals surface area contributed by atoms with Crippen LogP contribution >= 0.6 is 0 Å². The first-order valence-electron chi connectivity index (χ1n) is 8.40. The first-order chi connectivity index (χ1) is 9.81. The monoisotopic (exact) mass is 272 g/mol. The van der Waals surface area contributed by atoms with Gasteiger partial charge < -0.3 is 10.2 Å². The van der Waals surface area contributed by atoms with Crippen molar-refractivity contribution in [1.29, 1.82) is 0 Å². The van der Waals surface area contributed by atoms with Gasteiger partial charge in [0, 0.05) is 24.3 Å². The molecular weight excluding hydrogens is 244 g/mol. The average molecular weight is 272 g/mol. The summed E-state index contributed by atoms with van der Waals surface area (Å²) in [7, 11) is 0. The summed E-state index contributed by atoms with van der Waals surface area (Å²) in [4.78, 5) is 2.73. The maximum absolute atomic E-state index is 3.57. The number of fused-ring (bicyclic) bond motifs is 1. The number of rotatable bonds is 4. The zero-order valence-electron chi connectivity index (χ0n) is 12.9. The Morgan fingerprint density at radius 2 is 2.00 bits per heavy atom. The van der Waals surface area contributed by atoms with Crippen molar-refractivity contribution in [2.24, 2.45) is 5.92 Å². The Morgan fingerprint density at radius 3 is 2.85 bits per heavy atom. The Labute approximate surface area is 123 Å². The quantitative estimate of drug-likeness (QED) is 0.886. The molecule has 110 valence electrons. The molecule has 20 heavy (non-hydrogen) atoms. The number of nitrogens with one attached hydrogen (secondary N) is 1. The Morgan fingerprint density at radius 1 is 1.20 bits per heavy atom. The van der Waals surface area contributed by atoms with E-state index in [1.165, 1.54) is 49.9 Å². The van der Waals surface area contributed by atoms with Crippen molar-refractivity contribution in [2.45, 2.75) is 58.0 Å². The molecule has 0 aromatic heterocycles. The van der Waals surface area contributed by atoms with Gasteiger partial charge in [-0.2, -0.15) is 0 Å². The topological polar surface area (TPSA) is 15.3 Å². The van der Waals surface area contributed by atoms with Crippen LogP contribution in [0.2, 0.25) is 0 Å². The maximum atomic E-state index is 3.57. The average Bonchev–Trinajstić information content (AvgIpc) is 2.96. The Bertz CT molecular complexity index is 443. The van der Waals surface area contributed by atoms with Crippen LogP contribution in [-0.4, -0.2) is 19.1 Å². The van der Waals surface area contributed by atoms with Crippen LogP contribution < -0.4 is 10.2 Å². The molecule has 2 aliphatic rings. The van der Waals surface area contributed by atoms with Crippen molar-refractivity contribution < 1.29 is 0 Å². The van der Waals surface area contributed by atoms with Gasteiger partial charge in [0.2, 0.25) is 0 Å². The highest BCUT2D eigenvalue weighted by atomic mass is 15.2. The van der Waals surface area contributed by atoms with Gasteiger partial charge in [0.15, 0.2) is 0 Å². The minimum absolute atomic E-state index is 0.443. The molecular formula is C18H28N2. The smallest absolute Gasteiger partial charge is 0.0417 e. The first-order valence-corrected chi connectivity index (χ1v) is 8.40. The third kappa shape index (κ3) is 2.58. The molecule has 2 nitrogen and oxygen atoms in total. The molecule has 3 rings (SSSR count). The Kier molecular flexibility index (Phi) is 4.30. The van der Waals surface area contributed by atoms with Crippen LogP contribution in [0.4, 0.5) is 5.69 Å². The highest BCUT2D eigenvalue weighted by Gasteiger charge is 2.35. The number of nitrogens with zero attached hydrogens (tertiary/aromatic N) is 1. The van der Waals surface area contributed by atoms with Crippen LogP contribution in [0.3, 0.4) is 0 Å². The third-order valence-electron chi connectivity index (χ3n) is 5.22. The summed E-state index contributed by atoms with van der Waals surface area (Å²) in [6.07, 6.45) is 7.09. The highest BCUT2D eigenvalue weighted by Crippen LogP contribution is 2.40. The fourth-order valence-corrected chi connectivity index (χ4v) is 4.28. The molecule has 2 fully saturated rings. The second-order valence-corrected chi connectivity index (χ2v) is 6.43. The van der Waals surface area contributed by atoms with Crippen LogP contribution in [0.15, 0.2) is 24.3 Å². The van der Waals surface area contributed by atoms with Crippen LogP contribution in [0.1, 0.15) is 57.6 Å². The van der Waals surface area contributed by atoms with Gasteiger partial charge >= 0.3 is 0 Å². The van der Waals surface area contributed by atoms with E-state index in [0.29, 0.717) is 6.04 Å². The molecule has 0 spiro atoms. The summed E-state index contributed by atoms with van der Waals surface area (Å²) in [5, 5.41) is 3.57. The molecule has 1 aromatic rings. The molecule has 0 radical (unpaired) electrons. The molecule has 1 saturated carbocycles. The van der Waals surface area contributed by atoms with Crippen molar-refractivity contribution in [3.05, 3.63) is 29.8 Å². The van der Waals surface area contributed by atoms with Gasteiger partial charge in [-0.3, -0.25) is 0 Å². The number of hydrogen-bond donors (Lipinski definition) is 1. The third-order valence-corrected chi connectivity index (χ3v) is 5.22. The number of hydrogen-bond acceptors (Lipinski definition) is 2. The fourth-order valence-electron chi connectivity index (χ4n) is 4.28. The molecule has 1 aliphatic carbocycles. The van der Waals surface area contributed by atoms with E-state index in [0.717, 1.165) is 18.5 Å². The number of benzene rings is 1. The molecule has 3 unspecified atom stereocenters. The lowest BCUT2D eigenvalue weighted by atomic mass is 9.90. The van der Waals surface area contributed by atoms with Gasteiger partial charge in [-0.05, 0) is 56.7 Å². The second-order valence-electron chi connectivity index (χ2n) is 6.43. The van der Waals surface area contributed by atoms with Crippen LogP contribution in [0.25, 0.3) is 0 Å². The molecule has 3 atom stereocenters. The lowest BCUT2D eigenvalue weighted by molar-refractivity contribution is 0.361. The van der Waals surface area contributed by atoms with Crippen molar-refractivity contribution in [2.75, 3.05) is 18.0 Å². The van der Waals surface area contributed by atoms with Gasteiger partial charge in [0.25, 0.3) is 0 Å². The van der Waals surface area contributed by atoms with Crippen LogP contribution in [0.5, 0.6) is 0 Å². The maximum Gasteiger partial charge on any atom is 0.0417 e. The predicted octanol–water partition coefficient (Wildman–Crippen LogP) is 4.13. The Balaban J connectivity index is 1.89. The summed E-state index contributed by atoms with van der Waals surface area (Å²) >= 11 is 0. The molecule has 0 bridgehead atoms. The number of piperidine rings is 1. The van der Waals surface area contributed by atoms with Gasteiger partial charge in [-0.15, -0.1) is 0 Å². The van der Waals surface area contributed by atoms with Crippen molar-refractivity contribution in [3.8, 4) is 0 Å². The minimum atomic E-state index is 0.443. The van der Waals surface area contributed by atoms with Crippen LogP contribution in [-0.2, 0) is 0 Å². The van der Waals surface area contributed by atoms with E-state index in [1.54, 1.807) is 0 Å². The fraction of sp³-hybridized carbons (Fsp3) is 0.667. The van der Waals surface area contributed by atoms with E-state index in [1.807, 2.05) is 0 Å². The van der Waals surface area contributed by atoms with E-state index in [4.69, 9.17) is 0 Å². The lowest BCUT2D eigenvalue weighted by Gasteiger charge is -2.41. The lowest BCUT2D eigenvalue weighted by Crippen LogP contribution is -2.43. The van der Waals surface area contributed by atoms with E-state index >= 15 is 0 Å². The molecule has 1 aromatic carbocycles. The normalized spacial score (nSPS) is 27.4. The summed E-state index contributed by atoms with van der Waals surface area (Å²) in [6.45, 7) is 6.75. The summed E-state index contributed by atoms with van der Waals surface area (Å²) < 4.78 is 0. The van der Waals surface area contributed by atoms with E-state index in [-0.39, 0.29) is 0 Å². The van der Waals surface area contributed by atoms with E-state index in [2.05, 4.69) is 48.3 Å². The largest absolute Gasteiger partial charge is 0.368 e. The number of anilines is 1. The van der Waals surface area contributed by atoms with E-state index < -0.39 is 0 Å².